The van der Waals surface area contributed by atoms with Crippen LogP contribution in [0.3, 0.4) is 0 Å². The minimum atomic E-state index is -0.285. The zero-order chi connectivity index (χ0) is 17.2. The largest absolute Gasteiger partial charge is 0.469 e. The maximum atomic E-state index is 12.4. The van der Waals surface area contributed by atoms with Gasteiger partial charge in [0.25, 0.3) is 0 Å². The lowest BCUT2D eigenvalue weighted by molar-refractivity contribution is -0.142. The molecule has 0 bridgehead atoms. The molecule has 4 nitrogen and oxygen atoms in total. The topological polar surface area (TPSA) is 46.6 Å². The van der Waals surface area contributed by atoms with Crippen LogP contribution in [0.25, 0.3) is 0 Å². The van der Waals surface area contributed by atoms with Gasteiger partial charge in [-0.25, -0.2) is 0 Å². The van der Waals surface area contributed by atoms with Gasteiger partial charge in [0, 0.05) is 24.0 Å². The first-order valence-electron chi connectivity index (χ1n) is 8.08. The molecule has 1 aromatic carbocycles. The highest BCUT2D eigenvalue weighted by atomic mass is 35.5. The molecule has 5 heteroatoms. The van der Waals surface area contributed by atoms with E-state index in [9.17, 15) is 9.59 Å². The number of hydrogen-bond acceptors (Lipinski definition) is 3. The first-order valence-corrected chi connectivity index (χ1v) is 8.46. The summed E-state index contributed by atoms with van der Waals surface area (Å²) in [7, 11) is 1.36. The van der Waals surface area contributed by atoms with E-state index in [-0.39, 0.29) is 24.3 Å². The Morgan fingerprint density at radius 3 is 2.43 bits per heavy atom. The SMILES string of the molecule is CCC(C)N(CCC(=O)OC)C(=O)CCCc1ccc(Cl)cc1. The van der Waals surface area contributed by atoms with Crippen LogP contribution >= 0.6 is 11.6 Å². The molecule has 0 saturated carbocycles. The number of nitrogens with zero attached hydrogens (tertiary/aromatic N) is 1. The number of carbonyl (C=O) groups is 2. The molecule has 1 unspecified atom stereocenters. The normalized spacial score (nSPS) is 11.8. The molecule has 0 spiro atoms. The van der Waals surface area contributed by atoms with Crippen LogP contribution in [-0.4, -0.2) is 36.5 Å². The molecule has 0 N–H and O–H groups in total. The zero-order valence-corrected chi connectivity index (χ0v) is 14.9. The lowest BCUT2D eigenvalue weighted by Crippen LogP contribution is -2.39. The van der Waals surface area contributed by atoms with Crippen LogP contribution in [0, 0.1) is 0 Å². The molecule has 0 radical (unpaired) electrons. The van der Waals surface area contributed by atoms with E-state index in [2.05, 4.69) is 4.74 Å². The Kier molecular flexibility index (Phi) is 8.70. The molecule has 0 aliphatic carbocycles. The van der Waals surface area contributed by atoms with Crippen LogP contribution in [0.1, 0.15) is 45.1 Å². The maximum Gasteiger partial charge on any atom is 0.307 e. The molecule has 1 amide bonds. The molecule has 1 atom stereocenters. The average Bonchev–Trinajstić information content (AvgIpc) is 2.56. The molecule has 0 saturated heterocycles. The standard InChI is InChI=1S/C18H26ClNO3/c1-4-14(2)20(13-12-18(22)23-3)17(21)7-5-6-15-8-10-16(19)11-9-15/h8-11,14H,4-7,12-13H2,1-3H3. The molecule has 23 heavy (non-hydrogen) atoms. The Morgan fingerprint density at radius 1 is 1.22 bits per heavy atom. The minimum Gasteiger partial charge on any atom is -0.469 e. The van der Waals surface area contributed by atoms with Gasteiger partial charge in [0.05, 0.1) is 13.5 Å². The average molecular weight is 340 g/mol. The summed E-state index contributed by atoms with van der Waals surface area (Å²) in [6.45, 7) is 4.46. The fourth-order valence-electron chi connectivity index (χ4n) is 2.36. The van der Waals surface area contributed by atoms with Crippen LogP contribution in [0.15, 0.2) is 24.3 Å². The van der Waals surface area contributed by atoms with Gasteiger partial charge in [0.1, 0.15) is 0 Å². The highest BCUT2D eigenvalue weighted by Gasteiger charge is 2.19. The van der Waals surface area contributed by atoms with Crippen LogP contribution in [0.4, 0.5) is 0 Å². The van der Waals surface area contributed by atoms with E-state index in [0.29, 0.717) is 13.0 Å². The number of halogens is 1. The van der Waals surface area contributed by atoms with Crippen molar-refractivity contribution in [2.75, 3.05) is 13.7 Å². The first-order chi connectivity index (χ1) is 11.0. The van der Waals surface area contributed by atoms with E-state index in [4.69, 9.17) is 11.6 Å². The number of carbonyl (C=O) groups excluding carboxylic acids is 2. The molecular weight excluding hydrogens is 314 g/mol. The van der Waals surface area contributed by atoms with Gasteiger partial charge in [-0.15, -0.1) is 0 Å². The van der Waals surface area contributed by atoms with Gasteiger partial charge in [0.15, 0.2) is 0 Å². The van der Waals surface area contributed by atoms with E-state index < -0.39 is 0 Å². The fraction of sp³-hybridized carbons (Fsp3) is 0.556. The minimum absolute atomic E-state index is 0.0946. The van der Waals surface area contributed by atoms with Crippen molar-refractivity contribution in [2.24, 2.45) is 0 Å². The second-order valence-electron chi connectivity index (χ2n) is 5.65. The van der Waals surface area contributed by atoms with Crippen LogP contribution in [-0.2, 0) is 20.7 Å². The lowest BCUT2D eigenvalue weighted by atomic mass is 10.1. The summed E-state index contributed by atoms with van der Waals surface area (Å²) in [5.41, 5.74) is 1.17. The molecular formula is C18H26ClNO3. The Bertz CT molecular complexity index is 501. The van der Waals surface area contributed by atoms with E-state index >= 15 is 0 Å². The van der Waals surface area contributed by atoms with Crippen molar-refractivity contribution in [3.05, 3.63) is 34.9 Å². The number of rotatable bonds is 9. The summed E-state index contributed by atoms with van der Waals surface area (Å²) in [5, 5.41) is 0.718. The summed E-state index contributed by atoms with van der Waals surface area (Å²) in [6.07, 6.45) is 3.21. The van der Waals surface area contributed by atoms with Gasteiger partial charge >= 0.3 is 5.97 Å². The van der Waals surface area contributed by atoms with E-state index in [1.807, 2.05) is 38.1 Å². The quantitative estimate of drug-likeness (QED) is 0.642. The van der Waals surface area contributed by atoms with Gasteiger partial charge in [-0.3, -0.25) is 9.59 Å². The second kappa shape index (κ2) is 10.3. The molecule has 0 aromatic heterocycles. The Hall–Kier alpha value is -1.55. The molecule has 0 aliphatic heterocycles. The third-order valence-corrected chi connectivity index (χ3v) is 4.25. The monoisotopic (exact) mass is 339 g/mol. The summed E-state index contributed by atoms with van der Waals surface area (Å²) in [6, 6.07) is 7.82. The molecule has 0 aliphatic rings. The highest BCUT2D eigenvalue weighted by molar-refractivity contribution is 6.30. The van der Waals surface area contributed by atoms with Crippen molar-refractivity contribution in [1.82, 2.24) is 4.90 Å². The summed E-state index contributed by atoms with van der Waals surface area (Å²) >= 11 is 5.86. The number of hydrogen-bond donors (Lipinski definition) is 0. The molecule has 128 valence electrons. The predicted molar refractivity (Wildman–Crippen MR) is 92.5 cm³/mol. The van der Waals surface area contributed by atoms with Crippen LogP contribution in [0.5, 0.6) is 0 Å². The van der Waals surface area contributed by atoms with Gasteiger partial charge in [-0.05, 0) is 43.9 Å². The van der Waals surface area contributed by atoms with Crippen molar-refractivity contribution in [3.63, 3.8) is 0 Å². The number of amides is 1. The van der Waals surface area contributed by atoms with Crippen LogP contribution in [0.2, 0.25) is 5.02 Å². The van der Waals surface area contributed by atoms with E-state index in [0.717, 1.165) is 24.3 Å². The third kappa shape index (κ3) is 7.04. The third-order valence-electron chi connectivity index (χ3n) is 4.00. The Balaban J connectivity index is 2.48. The highest BCUT2D eigenvalue weighted by Crippen LogP contribution is 2.13. The summed E-state index contributed by atoms with van der Waals surface area (Å²) < 4.78 is 4.65. The number of benzene rings is 1. The molecule has 1 rings (SSSR count). The first kappa shape index (κ1) is 19.5. The van der Waals surface area contributed by atoms with Crippen molar-refractivity contribution < 1.29 is 14.3 Å². The maximum absolute atomic E-state index is 12.4. The predicted octanol–water partition coefficient (Wildman–Crippen LogP) is 3.85. The zero-order valence-electron chi connectivity index (χ0n) is 14.2. The van der Waals surface area contributed by atoms with Gasteiger partial charge in [-0.1, -0.05) is 30.7 Å². The Morgan fingerprint density at radius 2 is 1.87 bits per heavy atom. The molecule has 1 aromatic rings. The van der Waals surface area contributed by atoms with Crippen molar-refractivity contribution in [1.29, 1.82) is 0 Å². The molecule has 0 fully saturated rings. The summed E-state index contributed by atoms with van der Waals surface area (Å²) in [4.78, 5) is 25.5. The van der Waals surface area contributed by atoms with E-state index in [1.54, 1.807) is 4.90 Å². The van der Waals surface area contributed by atoms with Gasteiger partial charge in [0.2, 0.25) is 5.91 Å². The van der Waals surface area contributed by atoms with E-state index in [1.165, 1.54) is 12.7 Å². The lowest BCUT2D eigenvalue weighted by Gasteiger charge is -2.28. The molecule has 0 heterocycles. The number of esters is 1. The van der Waals surface area contributed by atoms with Crippen molar-refractivity contribution in [2.45, 2.75) is 52.0 Å². The summed E-state index contributed by atoms with van der Waals surface area (Å²) in [5.74, 6) is -0.190. The van der Waals surface area contributed by atoms with Crippen molar-refractivity contribution in [3.8, 4) is 0 Å². The van der Waals surface area contributed by atoms with Crippen molar-refractivity contribution >= 4 is 23.5 Å². The fourth-order valence-corrected chi connectivity index (χ4v) is 2.49. The number of ether oxygens (including phenoxy) is 1. The van der Waals surface area contributed by atoms with Crippen LogP contribution < -0.4 is 0 Å². The smallest absolute Gasteiger partial charge is 0.307 e. The van der Waals surface area contributed by atoms with Gasteiger partial charge in [-0.2, -0.15) is 0 Å². The number of methoxy groups -OCH3 is 1. The second-order valence-corrected chi connectivity index (χ2v) is 6.09. The number of aryl methyl sites for hydroxylation is 1. The Labute approximate surface area is 143 Å². The van der Waals surface area contributed by atoms with Gasteiger partial charge < -0.3 is 9.64 Å².